The fourth-order valence-corrected chi connectivity index (χ4v) is 4.73. The van der Waals surface area contributed by atoms with Crippen molar-refractivity contribution in [3.05, 3.63) is 101 Å². The number of carbonyl (C=O) groups is 1. The Morgan fingerprint density at radius 3 is 2.26 bits per heavy atom. The van der Waals surface area contributed by atoms with Crippen molar-refractivity contribution < 1.29 is 15.0 Å². The number of aliphatic hydroxyl groups is 1. The van der Waals surface area contributed by atoms with E-state index >= 15 is 0 Å². The van der Waals surface area contributed by atoms with Crippen molar-refractivity contribution in [1.82, 2.24) is 4.90 Å². The molecular formula is C32H39N3O3. The summed E-state index contributed by atoms with van der Waals surface area (Å²) in [6.07, 6.45) is 2.80. The Morgan fingerprint density at radius 1 is 1.00 bits per heavy atom. The zero-order valence-corrected chi connectivity index (χ0v) is 22.8. The summed E-state index contributed by atoms with van der Waals surface area (Å²) in [7, 11) is 2.15. The van der Waals surface area contributed by atoms with Crippen LogP contribution in [0.15, 0.2) is 72.8 Å². The molecule has 3 aromatic carbocycles. The first kappa shape index (κ1) is 27.4. The smallest absolute Gasteiger partial charge is 0.335 e. The molecule has 0 aliphatic carbocycles. The first-order valence-corrected chi connectivity index (χ1v) is 13.2. The van der Waals surface area contributed by atoms with Crippen LogP contribution in [0.1, 0.15) is 59.5 Å². The number of hydrogen-bond donors (Lipinski definition) is 3. The van der Waals surface area contributed by atoms with Crippen LogP contribution in [0.4, 0.5) is 11.4 Å². The number of rotatable bonds is 8. The average molecular weight is 514 g/mol. The van der Waals surface area contributed by atoms with Crippen LogP contribution in [0.2, 0.25) is 0 Å². The topological polar surface area (TPSA) is 76.0 Å². The molecule has 0 radical (unpaired) electrons. The molecule has 1 heterocycles. The van der Waals surface area contributed by atoms with Crippen LogP contribution >= 0.6 is 0 Å². The molecule has 1 aliphatic rings. The standard InChI is InChI=1S/C32H39N3O3/c1-32(2,3)27-20-26(29(36)15-12-23-10-13-25(14-11-23)31(37)38)21-28(35-18-16-34(4)17-19-35)30(27)33-22-24-8-6-5-7-9-24/h5-15,20-21,29,33,36H,16-19,22H2,1-4H3,(H,37,38)/b15-12+. The van der Waals surface area contributed by atoms with Crippen molar-refractivity contribution in [3.63, 3.8) is 0 Å². The third-order valence-corrected chi connectivity index (χ3v) is 7.07. The van der Waals surface area contributed by atoms with Gasteiger partial charge < -0.3 is 25.3 Å². The van der Waals surface area contributed by atoms with Gasteiger partial charge >= 0.3 is 5.97 Å². The molecule has 0 saturated carbocycles. The van der Waals surface area contributed by atoms with Gasteiger partial charge in [-0.1, -0.05) is 81.5 Å². The van der Waals surface area contributed by atoms with Crippen molar-refractivity contribution in [2.24, 2.45) is 0 Å². The minimum Gasteiger partial charge on any atom is -0.478 e. The molecule has 3 N–H and O–H groups in total. The minimum atomic E-state index is -0.951. The summed E-state index contributed by atoms with van der Waals surface area (Å²) in [6.45, 7) is 11.2. The van der Waals surface area contributed by atoms with Gasteiger partial charge in [-0.2, -0.15) is 0 Å². The monoisotopic (exact) mass is 513 g/mol. The van der Waals surface area contributed by atoms with Gasteiger partial charge in [0.25, 0.3) is 0 Å². The number of aromatic carboxylic acids is 1. The number of likely N-dealkylation sites (N-methyl/N-ethyl adjacent to an activating group) is 1. The number of hydrogen-bond acceptors (Lipinski definition) is 5. The summed E-state index contributed by atoms with van der Waals surface area (Å²) in [5, 5.41) is 24.1. The Hall–Kier alpha value is -3.61. The van der Waals surface area contributed by atoms with E-state index < -0.39 is 12.1 Å². The highest BCUT2D eigenvalue weighted by Crippen LogP contribution is 2.40. The first-order chi connectivity index (χ1) is 18.1. The molecule has 6 nitrogen and oxygen atoms in total. The molecule has 0 aromatic heterocycles. The summed E-state index contributed by atoms with van der Waals surface area (Å²) in [6, 6.07) is 21.3. The van der Waals surface area contributed by atoms with Crippen molar-refractivity contribution in [1.29, 1.82) is 0 Å². The van der Waals surface area contributed by atoms with Gasteiger partial charge in [0, 0.05) is 32.7 Å². The average Bonchev–Trinajstić information content (AvgIpc) is 2.91. The highest BCUT2D eigenvalue weighted by Gasteiger charge is 2.26. The van der Waals surface area contributed by atoms with Crippen LogP contribution in [0.5, 0.6) is 0 Å². The summed E-state index contributed by atoms with van der Waals surface area (Å²) in [5.74, 6) is -0.951. The Morgan fingerprint density at radius 2 is 1.66 bits per heavy atom. The van der Waals surface area contributed by atoms with Gasteiger partial charge in [0.15, 0.2) is 0 Å². The summed E-state index contributed by atoms with van der Waals surface area (Å²) >= 11 is 0. The second-order valence-electron chi connectivity index (χ2n) is 11.1. The molecule has 1 fully saturated rings. The largest absolute Gasteiger partial charge is 0.478 e. The predicted octanol–water partition coefficient (Wildman–Crippen LogP) is 5.79. The fraction of sp³-hybridized carbons (Fsp3) is 0.344. The van der Waals surface area contributed by atoms with E-state index in [1.165, 1.54) is 5.56 Å². The number of aliphatic hydroxyl groups excluding tert-OH is 1. The van der Waals surface area contributed by atoms with Crippen LogP contribution in [0.3, 0.4) is 0 Å². The summed E-state index contributed by atoms with van der Waals surface area (Å²) in [4.78, 5) is 15.9. The molecular weight excluding hydrogens is 474 g/mol. The van der Waals surface area contributed by atoms with Crippen LogP contribution in [0, 0.1) is 0 Å². The molecule has 0 amide bonds. The van der Waals surface area contributed by atoms with Crippen molar-refractivity contribution in [3.8, 4) is 0 Å². The molecule has 200 valence electrons. The number of piperazine rings is 1. The molecule has 4 rings (SSSR count). The quantitative estimate of drug-likeness (QED) is 0.354. The molecule has 0 bridgehead atoms. The van der Waals surface area contributed by atoms with Crippen LogP contribution in [-0.4, -0.2) is 54.3 Å². The van der Waals surface area contributed by atoms with E-state index in [-0.39, 0.29) is 11.0 Å². The second-order valence-corrected chi connectivity index (χ2v) is 11.1. The van der Waals surface area contributed by atoms with Crippen molar-refractivity contribution in [2.45, 2.75) is 38.8 Å². The van der Waals surface area contributed by atoms with Gasteiger partial charge in [0.05, 0.1) is 23.0 Å². The molecule has 1 aliphatic heterocycles. The lowest BCUT2D eigenvalue weighted by Gasteiger charge is -2.37. The van der Waals surface area contributed by atoms with Gasteiger partial charge in [-0.3, -0.25) is 0 Å². The molecule has 3 aromatic rings. The number of nitrogens with one attached hydrogen (secondary N) is 1. The highest BCUT2D eigenvalue weighted by atomic mass is 16.4. The Bertz CT molecular complexity index is 1260. The lowest BCUT2D eigenvalue weighted by molar-refractivity contribution is 0.0697. The number of nitrogens with zero attached hydrogens (tertiary/aromatic N) is 2. The maximum Gasteiger partial charge on any atom is 0.335 e. The zero-order valence-electron chi connectivity index (χ0n) is 22.8. The van der Waals surface area contributed by atoms with Crippen LogP contribution in [0.25, 0.3) is 6.08 Å². The normalized spacial score (nSPS) is 15.6. The molecule has 1 atom stereocenters. The zero-order chi connectivity index (χ0) is 27.3. The Labute approximate surface area is 226 Å². The van der Waals surface area contributed by atoms with E-state index in [0.29, 0.717) is 0 Å². The number of carboxylic acid groups (broad SMARTS) is 1. The molecule has 0 spiro atoms. The molecule has 6 heteroatoms. The minimum absolute atomic E-state index is 0.146. The van der Waals surface area contributed by atoms with Crippen LogP contribution < -0.4 is 10.2 Å². The first-order valence-electron chi connectivity index (χ1n) is 13.2. The maximum absolute atomic E-state index is 11.3. The lowest BCUT2D eigenvalue weighted by Crippen LogP contribution is -2.45. The lowest BCUT2D eigenvalue weighted by atomic mass is 9.83. The van der Waals surface area contributed by atoms with E-state index in [0.717, 1.165) is 60.8 Å². The number of benzene rings is 3. The van der Waals surface area contributed by atoms with E-state index in [1.807, 2.05) is 12.1 Å². The van der Waals surface area contributed by atoms with Gasteiger partial charge in [0.1, 0.15) is 0 Å². The van der Waals surface area contributed by atoms with Crippen molar-refractivity contribution >= 4 is 23.4 Å². The summed E-state index contributed by atoms with van der Waals surface area (Å²) in [5.41, 5.74) is 6.40. The summed E-state index contributed by atoms with van der Waals surface area (Å²) < 4.78 is 0. The molecule has 1 saturated heterocycles. The van der Waals surface area contributed by atoms with Gasteiger partial charge in [-0.25, -0.2) is 4.79 Å². The van der Waals surface area contributed by atoms with Gasteiger partial charge in [0.2, 0.25) is 0 Å². The second kappa shape index (κ2) is 11.8. The predicted molar refractivity (Wildman–Crippen MR) is 156 cm³/mol. The maximum atomic E-state index is 11.3. The van der Waals surface area contributed by atoms with Crippen LogP contribution in [-0.2, 0) is 12.0 Å². The van der Waals surface area contributed by atoms with E-state index in [2.05, 4.69) is 79.3 Å². The third-order valence-electron chi connectivity index (χ3n) is 7.07. The van der Waals surface area contributed by atoms with E-state index in [4.69, 9.17) is 5.11 Å². The molecule has 38 heavy (non-hydrogen) atoms. The Balaban J connectivity index is 1.70. The van der Waals surface area contributed by atoms with Gasteiger partial charge in [-0.15, -0.1) is 0 Å². The third kappa shape index (κ3) is 6.82. The Kier molecular flexibility index (Phi) is 8.55. The number of carboxylic acids is 1. The fourth-order valence-electron chi connectivity index (χ4n) is 4.73. The number of anilines is 2. The highest BCUT2D eigenvalue weighted by molar-refractivity contribution is 5.87. The SMILES string of the molecule is CN1CCN(c2cc(C(O)/C=C/c3ccc(C(=O)O)cc3)cc(C(C)(C)C)c2NCc2ccccc2)CC1. The molecule has 1 unspecified atom stereocenters. The van der Waals surface area contributed by atoms with Gasteiger partial charge in [-0.05, 0) is 52.9 Å². The van der Waals surface area contributed by atoms with E-state index in [1.54, 1.807) is 30.3 Å². The van der Waals surface area contributed by atoms with E-state index in [9.17, 15) is 9.90 Å². The van der Waals surface area contributed by atoms with Crippen molar-refractivity contribution in [2.75, 3.05) is 43.4 Å².